The number of amides is 3. The van der Waals surface area contributed by atoms with Crippen LogP contribution in [0.3, 0.4) is 0 Å². The summed E-state index contributed by atoms with van der Waals surface area (Å²) >= 11 is 1.64. The molecule has 1 N–H and O–H groups in total. The van der Waals surface area contributed by atoms with Gasteiger partial charge in [0.25, 0.3) is 11.8 Å². The van der Waals surface area contributed by atoms with E-state index in [2.05, 4.69) is 5.32 Å². The summed E-state index contributed by atoms with van der Waals surface area (Å²) in [5, 5.41) is 2.91. The molecule has 0 saturated carbocycles. The molecule has 4 rings (SSSR count). The summed E-state index contributed by atoms with van der Waals surface area (Å²) in [6.45, 7) is 0.0235. The minimum atomic E-state index is -0.370. The van der Waals surface area contributed by atoms with Crippen molar-refractivity contribution >= 4 is 29.5 Å². The lowest BCUT2D eigenvalue weighted by molar-refractivity contribution is -0.122. The highest BCUT2D eigenvalue weighted by Gasteiger charge is 2.35. The van der Waals surface area contributed by atoms with E-state index in [1.807, 2.05) is 0 Å². The Balaban J connectivity index is 1.40. The first-order valence-electron chi connectivity index (χ1n) is 8.71. The fourth-order valence-corrected chi connectivity index (χ4v) is 4.54. The lowest BCUT2D eigenvalue weighted by Gasteiger charge is -2.26. The second kappa shape index (κ2) is 7.15. The Kier molecular flexibility index (Phi) is 4.70. The van der Waals surface area contributed by atoms with Gasteiger partial charge in [-0.15, -0.1) is 11.8 Å². The number of rotatable bonds is 4. The van der Waals surface area contributed by atoms with Crippen LogP contribution >= 0.6 is 11.8 Å². The number of hydrogen-bond donors (Lipinski definition) is 1. The summed E-state index contributed by atoms with van der Waals surface area (Å²) in [5.41, 5.74) is 1.52. The molecule has 2 aromatic carbocycles. The van der Waals surface area contributed by atoms with E-state index in [4.69, 9.17) is 0 Å². The fraction of sp³-hybridized carbons (Fsp3) is 0.250. The van der Waals surface area contributed by atoms with Crippen molar-refractivity contribution in [2.45, 2.75) is 23.8 Å². The lowest BCUT2D eigenvalue weighted by atomic mass is 10.0. The lowest BCUT2D eigenvalue weighted by Crippen LogP contribution is -2.36. The zero-order valence-corrected chi connectivity index (χ0v) is 15.2. The van der Waals surface area contributed by atoms with Gasteiger partial charge in [0.05, 0.1) is 17.2 Å². The predicted molar refractivity (Wildman–Crippen MR) is 99.1 cm³/mol. The van der Waals surface area contributed by atoms with E-state index in [0.717, 1.165) is 21.1 Å². The van der Waals surface area contributed by atoms with E-state index in [1.54, 1.807) is 42.1 Å². The molecule has 2 aromatic rings. The Labute approximate surface area is 159 Å². The number of fused-ring (bicyclic) bond motifs is 2. The Bertz CT molecular complexity index is 912. The van der Waals surface area contributed by atoms with Crippen LogP contribution in [-0.4, -0.2) is 34.9 Å². The highest BCUT2D eigenvalue weighted by atomic mass is 32.2. The monoisotopic (exact) mass is 384 g/mol. The van der Waals surface area contributed by atoms with Gasteiger partial charge in [0, 0.05) is 23.6 Å². The predicted octanol–water partition coefficient (Wildman–Crippen LogP) is 3.17. The molecule has 27 heavy (non-hydrogen) atoms. The fourth-order valence-electron chi connectivity index (χ4n) is 3.44. The number of carbonyl (C=O) groups excluding carboxylic acids is 3. The topological polar surface area (TPSA) is 66.5 Å². The number of imide groups is 1. The maximum atomic E-state index is 13.6. The molecule has 0 radical (unpaired) electrons. The normalized spacial score (nSPS) is 18.3. The van der Waals surface area contributed by atoms with Crippen LogP contribution in [-0.2, 0) is 4.79 Å². The van der Waals surface area contributed by atoms with E-state index in [0.29, 0.717) is 17.5 Å². The van der Waals surface area contributed by atoms with E-state index < -0.39 is 0 Å². The number of benzene rings is 2. The quantitative estimate of drug-likeness (QED) is 0.823. The Morgan fingerprint density at radius 2 is 1.85 bits per heavy atom. The van der Waals surface area contributed by atoms with Crippen molar-refractivity contribution in [1.82, 2.24) is 10.2 Å². The summed E-state index contributed by atoms with van der Waals surface area (Å²) in [4.78, 5) is 39.1. The molecule has 5 nitrogen and oxygen atoms in total. The van der Waals surface area contributed by atoms with E-state index in [1.165, 1.54) is 12.1 Å². The van der Waals surface area contributed by atoms with Crippen molar-refractivity contribution in [3.8, 4) is 0 Å². The first-order chi connectivity index (χ1) is 13.0. The Morgan fingerprint density at radius 3 is 2.56 bits per heavy atom. The molecule has 0 spiro atoms. The molecule has 2 aliphatic heterocycles. The summed E-state index contributed by atoms with van der Waals surface area (Å²) in [6, 6.07) is 11.0. The van der Waals surface area contributed by atoms with Gasteiger partial charge in [-0.1, -0.05) is 12.1 Å². The van der Waals surface area contributed by atoms with Gasteiger partial charge in [0.1, 0.15) is 5.82 Å². The maximum Gasteiger partial charge on any atom is 0.261 e. The van der Waals surface area contributed by atoms with Gasteiger partial charge < -0.3 is 5.32 Å². The average Bonchev–Trinajstić information content (AvgIpc) is 2.91. The number of nitrogens with one attached hydrogen (secondary N) is 1. The largest absolute Gasteiger partial charge is 0.349 e. The number of nitrogens with zero attached hydrogens (tertiary/aromatic N) is 1. The third-order valence-corrected chi connectivity index (χ3v) is 5.91. The standard InChI is InChI=1S/C20H17FN2O3S/c21-12-5-6-17-15(11-12)16(8-10-27-17)22-18(24)7-9-23-19(25)13-3-1-2-4-14(13)20(23)26/h1-6,11,16H,7-10H2,(H,22,24). The van der Waals surface area contributed by atoms with Crippen molar-refractivity contribution in [2.24, 2.45) is 0 Å². The highest BCUT2D eigenvalue weighted by molar-refractivity contribution is 7.99. The summed E-state index contributed by atoms with van der Waals surface area (Å²) < 4.78 is 13.6. The first kappa shape index (κ1) is 17.7. The SMILES string of the molecule is O=C(CCN1C(=O)c2ccccc2C1=O)NC1CCSc2ccc(F)cc21. The molecule has 138 valence electrons. The zero-order valence-electron chi connectivity index (χ0n) is 14.4. The van der Waals surface area contributed by atoms with Crippen molar-refractivity contribution in [3.05, 3.63) is 65.0 Å². The van der Waals surface area contributed by atoms with Gasteiger partial charge >= 0.3 is 0 Å². The highest BCUT2D eigenvalue weighted by Crippen LogP contribution is 2.36. The van der Waals surface area contributed by atoms with Crippen LogP contribution in [0.25, 0.3) is 0 Å². The molecule has 7 heteroatoms. The minimum absolute atomic E-state index is 0.0137. The van der Waals surface area contributed by atoms with Crippen molar-refractivity contribution in [1.29, 1.82) is 0 Å². The molecule has 0 aliphatic carbocycles. The van der Waals surface area contributed by atoms with Crippen LogP contribution in [0, 0.1) is 5.82 Å². The van der Waals surface area contributed by atoms with E-state index in [-0.39, 0.29) is 42.5 Å². The summed E-state index contributed by atoms with van der Waals surface area (Å²) in [7, 11) is 0. The van der Waals surface area contributed by atoms with Crippen LogP contribution in [0.2, 0.25) is 0 Å². The van der Waals surface area contributed by atoms with Gasteiger partial charge in [-0.3, -0.25) is 19.3 Å². The molecular formula is C20H17FN2O3S. The summed E-state index contributed by atoms with van der Waals surface area (Å²) in [6.07, 6.45) is 0.722. The smallest absolute Gasteiger partial charge is 0.261 e. The molecular weight excluding hydrogens is 367 g/mol. The molecule has 2 aliphatic rings. The number of halogens is 1. The molecule has 1 unspecified atom stereocenters. The van der Waals surface area contributed by atoms with Crippen molar-refractivity contribution in [3.63, 3.8) is 0 Å². The third kappa shape index (κ3) is 3.35. The van der Waals surface area contributed by atoms with Crippen LogP contribution in [0.4, 0.5) is 4.39 Å². The molecule has 0 fully saturated rings. The Morgan fingerprint density at radius 1 is 1.15 bits per heavy atom. The molecule has 3 amide bonds. The van der Waals surface area contributed by atoms with Crippen LogP contribution < -0.4 is 5.32 Å². The van der Waals surface area contributed by atoms with Crippen LogP contribution in [0.5, 0.6) is 0 Å². The molecule has 1 atom stereocenters. The van der Waals surface area contributed by atoms with Crippen LogP contribution in [0.15, 0.2) is 47.4 Å². The second-order valence-electron chi connectivity index (χ2n) is 6.50. The molecule has 0 bridgehead atoms. The first-order valence-corrected chi connectivity index (χ1v) is 9.70. The zero-order chi connectivity index (χ0) is 19.0. The van der Waals surface area contributed by atoms with Crippen LogP contribution in [0.1, 0.15) is 45.2 Å². The summed E-state index contributed by atoms with van der Waals surface area (Å²) in [5.74, 6) is -0.503. The van der Waals surface area contributed by atoms with Crippen molar-refractivity contribution < 1.29 is 18.8 Å². The third-order valence-electron chi connectivity index (χ3n) is 4.79. The number of carbonyl (C=O) groups is 3. The van der Waals surface area contributed by atoms with Gasteiger partial charge in [0.2, 0.25) is 5.91 Å². The van der Waals surface area contributed by atoms with Gasteiger partial charge in [0.15, 0.2) is 0 Å². The number of hydrogen-bond acceptors (Lipinski definition) is 4. The van der Waals surface area contributed by atoms with Crippen molar-refractivity contribution in [2.75, 3.05) is 12.3 Å². The minimum Gasteiger partial charge on any atom is -0.349 e. The molecule has 2 heterocycles. The van der Waals surface area contributed by atoms with Gasteiger partial charge in [-0.05, 0) is 42.3 Å². The average molecular weight is 384 g/mol. The second-order valence-corrected chi connectivity index (χ2v) is 7.63. The van der Waals surface area contributed by atoms with Gasteiger partial charge in [-0.2, -0.15) is 0 Å². The maximum absolute atomic E-state index is 13.6. The molecule has 0 saturated heterocycles. The van der Waals surface area contributed by atoms with Gasteiger partial charge in [-0.25, -0.2) is 4.39 Å². The number of thioether (sulfide) groups is 1. The molecule has 0 aromatic heterocycles. The van der Waals surface area contributed by atoms with E-state index >= 15 is 0 Å². The van der Waals surface area contributed by atoms with E-state index in [9.17, 15) is 18.8 Å². The Hall–Kier alpha value is -2.67.